The number of rotatable bonds is 5. The molecule has 2 saturated carbocycles. The number of morpholine rings is 1. The fourth-order valence-electron chi connectivity index (χ4n) is 6.62. The lowest BCUT2D eigenvalue weighted by Gasteiger charge is -2.39. The van der Waals surface area contributed by atoms with Gasteiger partial charge in [0.1, 0.15) is 11.2 Å². The van der Waals surface area contributed by atoms with Crippen molar-refractivity contribution in [3.8, 4) is 23.0 Å². The fraction of sp³-hybridized carbons (Fsp3) is 0.536. The first-order valence-corrected chi connectivity index (χ1v) is 14.4. The van der Waals surface area contributed by atoms with Crippen LogP contribution in [0.15, 0.2) is 33.5 Å². The van der Waals surface area contributed by atoms with E-state index in [1.54, 1.807) is 0 Å². The highest BCUT2D eigenvalue weighted by Gasteiger charge is 2.39. The van der Waals surface area contributed by atoms with Gasteiger partial charge in [0.15, 0.2) is 5.65 Å². The maximum absolute atomic E-state index is 11.7. The second-order valence-electron chi connectivity index (χ2n) is 11.2. The summed E-state index contributed by atoms with van der Waals surface area (Å²) in [4.78, 5) is 29.0. The smallest absolute Gasteiger partial charge is 0.384 e. The van der Waals surface area contributed by atoms with E-state index in [4.69, 9.17) is 35.7 Å². The third-order valence-electron chi connectivity index (χ3n) is 8.63. The van der Waals surface area contributed by atoms with Crippen molar-refractivity contribution in [2.45, 2.75) is 70.6 Å². The van der Waals surface area contributed by atoms with E-state index < -0.39 is 5.76 Å². The molecule has 3 aromatic heterocycles. The molecule has 0 bridgehead atoms. The van der Waals surface area contributed by atoms with Crippen LogP contribution in [0, 0.1) is 11.8 Å². The highest BCUT2D eigenvalue weighted by atomic mass is 35.5. The molecule has 11 heteroatoms. The molecular weight excluding hydrogens is 518 g/mol. The van der Waals surface area contributed by atoms with E-state index in [9.17, 15) is 4.79 Å². The van der Waals surface area contributed by atoms with E-state index in [-0.39, 0.29) is 17.8 Å². The van der Waals surface area contributed by atoms with Gasteiger partial charge in [0, 0.05) is 23.7 Å². The van der Waals surface area contributed by atoms with Gasteiger partial charge in [-0.1, -0.05) is 43.5 Å². The Hall–Kier alpha value is -3.24. The first-order chi connectivity index (χ1) is 19.0. The maximum Gasteiger partial charge on any atom is 0.434 e. The van der Waals surface area contributed by atoms with Crippen LogP contribution in [0.25, 0.3) is 34.1 Å². The van der Waals surface area contributed by atoms with E-state index in [1.807, 2.05) is 24.3 Å². The molecule has 10 nitrogen and oxygen atoms in total. The first-order valence-electron chi connectivity index (χ1n) is 14.0. The summed E-state index contributed by atoms with van der Waals surface area (Å²) in [6.07, 6.45) is 8.43. The van der Waals surface area contributed by atoms with E-state index in [1.165, 1.54) is 25.7 Å². The minimum atomic E-state index is -0.656. The zero-order chi connectivity index (χ0) is 26.5. The number of nitrogens with one attached hydrogen (secondary N) is 1. The molecule has 3 aliphatic rings. The van der Waals surface area contributed by atoms with Crippen LogP contribution in [0.5, 0.6) is 0 Å². The first kappa shape index (κ1) is 24.8. The number of benzene rings is 1. The second-order valence-corrected chi connectivity index (χ2v) is 11.7. The maximum atomic E-state index is 11.7. The molecule has 7 rings (SSSR count). The van der Waals surface area contributed by atoms with Crippen LogP contribution in [-0.4, -0.2) is 55.0 Å². The van der Waals surface area contributed by atoms with Crippen LogP contribution in [-0.2, 0) is 11.3 Å². The molecule has 4 heterocycles. The Morgan fingerprint density at radius 2 is 1.97 bits per heavy atom. The van der Waals surface area contributed by atoms with Gasteiger partial charge in [-0.2, -0.15) is 4.98 Å². The molecule has 2 atom stereocenters. The summed E-state index contributed by atoms with van der Waals surface area (Å²) >= 11 is 6.44. The van der Waals surface area contributed by atoms with Gasteiger partial charge >= 0.3 is 5.76 Å². The number of fused-ring (bicyclic) bond motifs is 2. The minimum Gasteiger partial charge on any atom is -0.384 e. The van der Waals surface area contributed by atoms with Crippen molar-refractivity contribution in [1.82, 2.24) is 29.7 Å². The second kappa shape index (κ2) is 10.1. The molecule has 1 saturated heterocycles. The van der Waals surface area contributed by atoms with E-state index in [2.05, 4.69) is 26.6 Å². The van der Waals surface area contributed by atoms with Crippen molar-refractivity contribution in [3.05, 3.63) is 39.8 Å². The number of ether oxygens (including phenoxy) is 1. The van der Waals surface area contributed by atoms with Gasteiger partial charge in [0.25, 0.3) is 5.89 Å². The van der Waals surface area contributed by atoms with E-state index in [0.717, 1.165) is 55.3 Å². The summed E-state index contributed by atoms with van der Waals surface area (Å²) in [6.45, 7) is 4.67. The van der Waals surface area contributed by atoms with Crippen LogP contribution in [0.3, 0.4) is 0 Å². The summed E-state index contributed by atoms with van der Waals surface area (Å²) in [5, 5.41) is 6.92. The third-order valence-corrected chi connectivity index (χ3v) is 8.86. The zero-order valence-corrected chi connectivity index (χ0v) is 22.7. The number of nitrogens with zero attached hydrogens (tertiary/aromatic N) is 6. The third kappa shape index (κ3) is 4.63. The number of aromatic nitrogens is 6. The summed E-state index contributed by atoms with van der Waals surface area (Å²) < 4.78 is 13.7. The van der Waals surface area contributed by atoms with Crippen LogP contribution < -0.4 is 10.7 Å². The lowest BCUT2D eigenvalue weighted by Crippen LogP contribution is -2.49. The van der Waals surface area contributed by atoms with Crippen LogP contribution in [0.4, 0.5) is 5.95 Å². The van der Waals surface area contributed by atoms with Gasteiger partial charge in [-0.25, -0.2) is 19.9 Å². The molecule has 2 aliphatic carbocycles. The fourth-order valence-corrected chi connectivity index (χ4v) is 6.81. The summed E-state index contributed by atoms with van der Waals surface area (Å²) in [6, 6.07) is 7.94. The molecule has 0 amide bonds. The Kier molecular flexibility index (Phi) is 6.39. The molecule has 1 aromatic carbocycles. The lowest BCUT2D eigenvalue weighted by atomic mass is 9.83. The quantitative estimate of drug-likeness (QED) is 0.367. The number of hydrogen-bond acceptors (Lipinski definition) is 8. The predicted octanol–water partition coefficient (Wildman–Crippen LogP) is 5.07. The normalized spacial score (nSPS) is 25.3. The molecule has 1 N–H and O–H groups in total. The van der Waals surface area contributed by atoms with Crippen LogP contribution in [0.1, 0.15) is 51.9 Å². The highest BCUT2D eigenvalue weighted by molar-refractivity contribution is 6.30. The molecule has 4 aromatic rings. The zero-order valence-electron chi connectivity index (χ0n) is 22.0. The lowest BCUT2D eigenvalue weighted by molar-refractivity contribution is 0.0247. The molecule has 204 valence electrons. The number of H-pyrrole nitrogens is 1. The molecule has 0 spiro atoms. The standard InChI is InChI=1S/C28H32ClN7O3/c1-16-8-10-17(11-9-16)15-36-23-22(18-4-2-5-19(29)14-18)30-25(26-33-34-28(37)39-26)31-24(23)32-27(36)35-12-13-38-21-7-3-6-20(21)35/h2,4-5,14,16-17,20-21H,3,6-13,15H2,1H3,(H,34,37)/t16-,17-,20-,21-/m0/s1. The van der Waals surface area contributed by atoms with Gasteiger partial charge in [-0.3, -0.25) is 0 Å². The molecular formula is C28H32ClN7O3. The highest BCUT2D eigenvalue weighted by Crippen LogP contribution is 2.39. The number of hydrogen-bond donors (Lipinski definition) is 1. The SMILES string of the molecule is C[C@H]1CC[C@H](Cn2c(N3CCO[C@H]4CCC[C@@H]43)nc3nc(-c4n[nH]c(=O)o4)nc(-c4cccc(Cl)c4)c32)CC1. The predicted molar refractivity (Wildman–Crippen MR) is 148 cm³/mol. The Morgan fingerprint density at radius 3 is 2.77 bits per heavy atom. The van der Waals surface area contributed by atoms with Crippen molar-refractivity contribution in [2.75, 3.05) is 18.1 Å². The number of aromatic amines is 1. The summed E-state index contributed by atoms with van der Waals surface area (Å²) in [5.74, 6) is 1.83. The number of imidazole rings is 1. The molecule has 39 heavy (non-hydrogen) atoms. The Balaban J connectivity index is 1.44. The van der Waals surface area contributed by atoms with Crippen molar-refractivity contribution in [3.63, 3.8) is 0 Å². The number of halogens is 1. The van der Waals surface area contributed by atoms with E-state index in [0.29, 0.717) is 34.9 Å². The Labute approximate surface area is 230 Å². The van der Waals surface area contributed by atoms with Gasteiger partial charge in [0.05, 0.1) is 18.8 Å². The van der Waals surface area contributed by atoms with Gasteiger partial charge < -0.3 is 18.6 Å². The summed E-state index contributed by atoms with van der Waals surface area (Å²) in [7, 11) is 0. The van der Waals surface area contributed by atoms with Crippen molar-refractivity contribution >= 4 is 28.7 Å². The van der Waals surface area contributed by atoms with Gasteiger partial charge in [-0.05, 0) is 56.1 Å². The van der Waals surface area contributed by atoms with E-state index >= 15 is 0 Å². The van der Waals surface area contributed by atoms with Gasteiger partial charge in [-0.15, -0.1) is 5.10 Å². The summed E-state index contributed by atoms with van der Waals surface area (Å²) in [5.41, 5.74) is 2.97. The van der Waals surface area contributed by atoms with Crippen LogP contribution >= 0.6 is 11.6 Å². The number of anilines is 1. The van der Waals surface area contributed by atoms with Gasteiger partial charge in [0.2, 0.25) is 11.8 Å². The van der Waals surface area contributed by atoms with Crippen molar-refractivity contribution in [2.24, 2.45) is 11.8 Å². The molecule has 3 fully saturated rings. The molecule has 0 radical (unpaired) electrons. The minimum absolute atomic E-state index is 0.0322. The molecule has 0 unspecified atom stereocenters. The average Bonchev–Trinajstić information content (AvgIpc) is 3.68. The average molecular weight is 550 g/mol. The monoisotopic (exact) mass is 549 g/mol. The Morgan fingerprint density at radius 1 is 1.10 bits per heavy atom. The Bertz CT molecular complexity index is 1550. The largest absolute Gasteiger partial charge is 0.434 e. The topological polar surface area (TPSA) is 115 Å². The van der Waals surface area contributed by atoms with Crippen molar-refractivity contribution in [1.29, 1.82) is 0 Å². The molecule has 1 aliphatic heterocycles. The van der Waals surface area contributed by atoms with Crippen LogP contribution in [0.2, 0.25) is 5.02 Å². The van der Waals surface area contributed by atoms with Crippen molar-refractivity contribution < 1.29 is 9.15 Å².